The smallest absolute Gasteiger partial charge is 0.0352 e. The van der Waals surface area contributed by atoms with Crippen molar-refractivity contribution >= 4 is 0 Å². The van der Waals surface area contributed by atoms with E-state index in [0.717, 1.165) is 0 Å². The number of hydrogen-bond acceptors (Lipinski definition) is 0. The summed E-state index contributed by atoms with van der Waals surface area (Å²) in [6.45, 7) is 0. The van der Waals surface area contributed by atoms with Crippen LogP contribution in [-0.4, -0.2) is 0 Å². The maximum atomic E-state index is 1.62. The summed E-state index contributed by atoms with van der Waals surface area (Å²) in [6.07, 6.45) is 15.9. The summed E-state index contributed by atoms with van der Waals surface area (Å²) in [5.41, 5.74) is 0. The van der Waals surface area contributed by atoms with Gasteiger partial charge in [-0.05, 0) is 74.0 Å². The highest BCUT2D eigenvalue weighted by molar-refractivity contribution is 4.98. The molecule has 0 aromatic heterocycles. The van der Waals surface area contributed by atoms with Crippen LogP contribution in [0.25, 0.3) is 0 Å². The van der Waals surface area contributed by atoms with Crippen LogP contribution in [-0.2, 0) is 0 Å². The van der Waals surface area contributed by atoms with Crippen LogP contribution in [0.2, 0.25) is 0 Å². The zero-order valence-electron chi connectivity index (χ0n) is 10.5. The molecular weight excluding hydrogens is 192 g/mol. The highest BCUT2D eigenvalue weighted by Crippen LogP contribution is 2.58. The third-order valence-electron chi connectivity index (χ3n) is 6.83. The van der Waals surface area contributed by atoms with Crippen molar-refractivity contribution in [2.75, 3.05) is 0 Å². The largest absolute Gasteiger partial charge is 0.0527 e. The molecule has 4 fully saturated rings. The van der Waals surface area contributed by atoms with Crippen molar-refractivity contribution in [3.63, 3.8) is 0 Å². The summed E-state index contributed by atoms with van der Waals surface area (Å²) in [5.74, 6) is 7.06. The third kappa shape index (κ3) is 1.34. The molecule has 0 saturated heterocycles. The lowest BCUT2D eigenvalue weighted by Gasteiger charge is -2.48. The number of fused-ring (bicyclic) bond motifs is 5. The van der Waals surface area contributed by atoms with E-state index in [0.29, 0.717) is 0 Å². The van der Waals surface area contributed by atoms with E-state index >= 15 is 0 Å². The molecule has 0 heterocycles. The quantitative estimate of drug-likeness (QED) is 0.555. The molecule has 0 heteroatoms. The van der Waals surface area contributed by atoms with E-state index in [4.69, 9.17) is 0 Å². The predicted octanol–water partition coefficient (Wildman–Crippen LogP) is 4.64. The molecule has 4 aliphatic rings. The van der Waals surface area contributed by atoms with Gasteiger partial charge >= 0.3 is 0 Å². The molecule has 0 N–H and O–H groups in total. The van der Waals surface area contributed by atoms with E-state index in [-0.39, 0.29) is 0 Å². The molecule has 0 aromatic rings. The second-order valence-corrected chi connectivity index (χ2v) is 7.19. The molecule has 0 aromatic carbocycles. The summed E-state index contributed by atoms with van der Waals surface area (Å²) >= 11 is 0. The van der Waals surface area contributed by atoms with Crippen LogP contribution in [0.3, 0.4) is 0 Å². The molecule has 90 valence electrons. The molecule has 4 saturated carbocycles. The lowest BCUT2D eigenvalue weighted by atomic mass is 9.57. The number of hydrogen-bond donors (Lipinski definition) is 0. The first-order chi connectivity index (χ1) is 7.93. The Morgan fingerprint density at radius 2 is 0.875 bits per heavy atom. The van der Waals surface area contributed by atoms with Gasteiger partial charge in [0.1, 0.15) is 0 Å². The highest BCUT2D eigenvalue weighted by atomic mass is 14.5. The molecular formula is C16H26. The summed E-state index contributed by atoms with van der Waals surface area (Å²) in [5, 5.41) is 0. The first kappa shape index (κ1) is 9.97. The molecule has 0 aliphatic heterocycles. The predicted molar refractivity (Wildman–Crippen MR) is 67.1 cm³/mol. The zero-order valence-corrected chi connectivity index (χ0v) is 10.5. The molecule has 6 atom stereocenters. The number of rotatable bonds is 0. The molecule has 0 spiro atoms. The van der Waals surface area contributed by atoms with E-state index < -0.39 is 0 Å². The summed E-state index contributed by atoms with van der Waals surface area (Å²) in [6, 6.07) is 0. The second kappa shape index (κ2) is 3.75. The fourth-order valence-electron chi connectivity index (χ4n) is 6.28. The van der Waals surface area contributed by atoms with Gasteiger partial charge in [-0.25, -0.2) is 0 Å². The van der Waals surface area contributed by atoms with Crippen molar-refractivity contribution in [2.45, 2.75) is 64.2 Å². The molecule has 16 heavy (non-hydrogen) atoms. The topological polar surface area (TPSA) is 0 Å². The van der Waals surface area contributed by atoms with Crippen LogP contribution in [0.1, 0.15) is 64.2 Å². The SMILES string of the molecule is C1CC2CCC3C4CCCC4CCC3C2C1. The maximum absolute atomic E-state index is 1.62. The molecule has 0 radical (unpaired) electrons. The van der Waals surface area contributed by atoms with Crippen molar-refractivity contribution < 1.29 is 0 Å². The molecule has 4 rings (SSSR count). The Kier molecular flexibility index (Phi) is 2.34. The summed E-state index contributed by atoms with van der Waals surface area (Å²) in [7, 11) is 0. The average molecular weight is 218 g/mol. The Hall–Kier alpha value is 0. The van der Waals surface area contributed by atoms with Gasteiger partial charge in [0.05, 0.1) is 0 Å². The van der Waals surface area contributed by atoms with Crippen LogP contribution in [0.15, 0.2) is 0 Å². The minimum atomic E-state index is 1.17. The van der Waals surface area contributed by atoms with Crippen molar-refractivity contribution in [3.8, 4) is 0 Å². The molecule has 6 unspecified atom stereocenters. The zero-order chi connectivity index (χ0) is 10.5. The third-order valence-corrected chi connectivity index (χ3v) is 6.83. The minimum absolute atomic E-state index is 1.17. The van der Waals surface area contributed by atoms with Gasteiger partial charge < -0.3 is 0 Å². The van der Waals surface area contributed by atoms with Crippen molar-refractivity contribution in [3.05, 3.63) is 0 Å². The van der Waals surface area contributed by atoms with Gasteiger partial charge in [0.2, 0.25) is 0 Å². The van der Waals surface area contributed by atoms with E-state index in [9.17, 15) is 0 Å². The van der Waals surface area contributed by atoms with E-state index in [1.54, 1.807) is 64.2 Å². The van der Waals surface area contributed by atoms with Crippen LogP contribution >= 0.6 is 0 Å². The average Bonchev–Trinajstić information content (AvgIpc) is 2.96. The first-order valence-electron chi connectivity index (χ1n) is 7.93. The highest BCUT2D eigenvalue weighted by Gasteiger charge is 2.48. The van der Waals surface area contributed by atoms with Gasteiger partial charge in [0, 0.05) is 0 Å². The Balaban J connectivity index is 1.59. The monoisotopic (exact) mass is 218 g/mol. The maximum Gasteiger partial charge on any atom is -0.0352 e. The molecule has 0 bridgehead atoms. The van der Waals surface area contributed by atoms with Gasteiger partial charge in [-0.1, -0.05) is 25.7 Å². The fraction of sp³-hybridized carbons (Fsp3) is 1.00. The summed E-state index contributed by atoms with van der Waals surface area (Å²) in [4.78, 5) is 0. The Labute approximate surface area is 100 Å². The van der Waals surface area contributed by atoms with E-state index in [2.05, 4.69) is 0 Å². The normalized spacial score (nSPS) is 55.5. The van der Waals surface area contributed by atoms with E-state index in [1.807, 2.05) is 0 Å². The van der Waals surface area contributed by atoms with Crippen molar-refractivity contribution in [1.82, 2.24) is 0 Å². The van der Waals surface area contributed by atoms with Crippen LogP contribution in [0.5, 0.6) is 0 Å². The minimum Gasteiger partial charge on any atom is -0.0527 e. The van der Waals surface area contributed by atoms with Crippen LogP contribution < -0.4 is 0 Å². The molecule has 0 nitrogen and oxygen atoms in total. The second-order valence-electron chi connectivity index (χ2n) is 7.19. The van der Waals surface area contributed by atoms with Crippen molar-refractivity contribution in [1.29, 1.82) is 0 Å². The fourth-order valence-corrected chi connectivity index (χ4v) is 6.28. The Morgan fingerprint density at radius 3 is 1.38 bits per heavy atom. The standard InChI is InChI=1S/C16H26/c1-3-11-7-9-16-14-6-2-4-12(14)8-10-15(16)13(11)5-1/h11-16H,1-10H2. The van der Waals surface area contributed by atoms with Crippen LogP contribution in [0.4, 0.5) is 0 Å². The van der Waals surface area contributed by atoms with E-state index in [1.165, 1.54) is 35.5 Å². The first-order valence-corrected chi connectivity index (χ1v) is 7.93. The summed E-state index contributed by atoms with van der Waals surface area (Å²) < 4.78 is 0. The van der Waals surface area contributed by atoms with Gasteiger partial charge in [-0.2, -0.15) is 0 Å². The molecule has 4 aliphatic carbocycles. The van der Waals surface area contributed by atoms with Gasteiger partial charge in [0.15, 0.2) is 0 Å². The van der Waals surface area contributed by atoms with Gasteiger partial charge in [-0.3, -0.25) is 0 Å². The van der Waals surface area contributed by atoms with Gasteiger partial charge in [-0.15, -0.1) is 0 Å². The van der Waals surface area contributed by atoms with Crippen molar-refractivity contribution in [2.24, 2.45) is 35.5 Å². The van der Waals surface area contributed by atoms with Gasteiger partial charge in [0.25, 0.3) is 0 Å². The Bertz CT molecular complexity index is 241. The van der Waals surface area contributed by atoms with Crippen LogP contribution in [0, 0.1) is 35.5 Å². The Morgan fingerprint density at radius 1 is 0.375 bits per heavy atom. The molecule has 0 amide bonds. The lowest BCUT2D eigenvalue weighted by molar-refractivity contribution is 0.0110. The lowest BCUT2D eigenvalue weighted by Crippen LogP contribution is -2.40.